The number of nitrogens with one attached hydrogen (secondary N) is 1. The largest absolute Gasteiger partial charge is 0.452 e. The number of benzene rings is 2. The van der Waals surface area contributed by atoms with E-state index in [2.05, 4.69) is 0 Å². The molecule has 0 fully saturated rings. The summed E-state index contributed by atoms with van der Waals surface area (Å²) in [6.07, 6.45) is -4.78. The topological polar surface area (TPSA) is 125 Å². The molecule has 0 saturated heterocycles. The third-order valence-corrected chi connectivity index (χ3v) is 3.28. The van der Waals surface area contributed by atoms with E-state index in [-0.39, 0.29) is 5.56 Å². The van der Waals surface area contributed by atoms with Crippen LogP contribution in [0.5, 0.6) is 0 Å². The first kappa shape index (κ1) is 19.7. The lowest BCUT2D eigenvalue weighted by atomic mass is 10.1. The molecule has 2 aromatic carbocycles. The Kier molecular flexibility index (Phi) is 5.63. The minimum absolute atomic E-state index is 0.123. The van der Waals surface area contributed by atoms with E-state index < -0.39 is 46.5 Å². The van der Waals surface area contributed by atoms with Crippen LogP contribution in [0.1, 0.15) is 15.9 Å². The zero-order valence-corrected chi connectivity index (χ0v) is 13.4. The van der Waals surface area contributed by atoms with Crippen LogP contribution >= 0.6 is 0 Å². The summed E-state index contributed by atoms with van der Waals surface area (Å²) in [7, 11) is 0. The van der Waals surface area contributed by atoms with Gasteiger partial charge >= 0.3 is 12.1 Å². The van der Waals surface area contributed by atoms with Gasteiger partial charge in [-0.3, -0.25) is 14.9 Å². The standard InChI is InChI=1S/C16H12F3N3O5/c17-16(18,19)10-3-6-12(13(7-10)22(25)26)21-14(23)8-27-15(24)9-1-4-11(20)5-2-9/h1-7H,8,20H2,(H,21,23). The molecule has 27 heavy (non-hydrogen) atoms. The summed E-state index contributed by atoms with van der Waals surface area (Å²) in [5.74, 6) is -1.80. The first-order valence-electron chi connectivity index (χ1n) is 7.26. The fourth-order valence-electron chi connectivity index (χ4n) is 1.98. The van der Waals surface area contributed by atoms with E-state index in [1.807, 2.05) is 5.32 Å². The molecule has 0 aromatic heterocycles. The fraction of sp³-hybridized carbons (Fsp3) is 0.125. The number of hydrogen-bond acceptors (Lipinski definition) is 6. The third-order valence-electron chi connectivity index (χ3n) is 3.28. The normalized spacial score (nSPS) is 10.9. The number of rotatable bonds is 5. The van der Waals surface area contributed by atoms with Crippen molar-refractivity contribution in [1.82, 2.24) is 0 Å². The molecule has 8 nitrogen and oxygen atoms in total. The summed E-state index contributed by atoms with van der Waals surface area (Å²) in [6, 6.07) is 7.27. The molecule has 0 radical (unpaired) electrons. The van der Waals surface area contributed by atoms with Crippen LogP contribution in [0.25, 0.3) is 0 Å². The van der Waals surface area contributed by atoms with Gasteiger partial charge in [0.25, 0.3) is 11.6 Å². The number of hydrogen-bond donors (Lipinski definition) is 2. The lowest BCUT2D eigenvalue weighted by Crippen LogP contribution is -2.21. The lowest BCUT2D eigenvalue weighted by Gasteiger charge is -2.10. The maximum absolute atomic E-state index is 12.6. The molecule has 0 saturated carbocycles. The van der Waals surface area contributed by atoms with Crippen molar-refractivity contribution in [3.05, 3.63) is 63.7 Å². The van der Waals surface area contributed by atoms with Crippen molar-refractivity contribution in [1.29, 1.82) is 0 Å². The van der Waals surface area contributed by atoms with Gasteiger partial charge in [-0.15, -0.1) is 0 Å². The van der Waals surface area contributed by atoms with Crippen LogP contribution in [-0.2, 0) is 15.7 Å². The van der Waals surface area contributed by atoms with Gasteiger partial charge in [0.05, 0.1) is 16.1 Å². The summed E-state index contributed by atoms with van der Waals surface area (Å²) < 4.78 is 42.7. The van der Waals surface area contributed by atoms with Crippen LogP contribution in [0, 0.1) is 10.1 Å². The predicted octanol–water partition coefficient (Wildman–Crippen LogP) is 2.99. The Morgan fingerprint density at radius 1 is 1.15 bits per heavy atom. The Bertz CT molecular complexity index is 882. The molecule has 3 N–H and O–H groups in total. The van der Waals surface area contributed by atoms with Gasteiger partial charge in [-0.05, 0) is 36.4 Å². The number of carbonyl (C=O) groups excluding carboxylic acids is 2. The molecule has 142 valence electrons. The lowest BCUT2D eigenvalue weighted by molar-refractivity contribution is -0.384. The van der Waals surface area contributed by atoms with Gasteiger partial charge in [-0.25, -0.2) is 4.79 Å². The van der Waals surface area contributed by atoms with Crippen LogP contribution in [0.3, 0.4) is 0 Å². The monoisotopic (exact) mass is 383 g/mol. The summed E-state index contributed by atoms with van der Waals surface area (Å²) in [5.41, 5.74) is 3.37. The van der Waals surface area contributed by atoms with Crippen LogP contribution in [-0.4, -0.2) is 23.4 Å². The predicted molar refractivity (Wildman–Crippen MR) is 87.9 cm³/mol. The third kappa shape index (κ3) is 5.17. The van der Waals surface area contributed by atoms with E-state index >= 15 is 0 Å². The van der Waals surface area contributed by atoms with Gasteiger partial charge in [0, 0.05) is 11.8 Å². The smallest absolute Gasteiger partial charge is 0.416 e. The number of alkyl halides is 3. The highest BCUT2D eigenvalue weighted by atomic mass is 19.4. The van der Waals surface area contributed by atoms with Crippen LogP contribution < -0.4 is 11.1 Å². The minimum atomic E-state index is -4.78. The molecular formula is C16H12F3N3O5. The van der Waals surface area contributed by atoms with Gasteiger partial charge in [-0.2, -0.15) is 13.2 Å². The summed E-state index contributed by atoms with van der Waals surface area (Å²) in [4.78, 5) is 33.5. The Hall–Kier alpha value is -3.63. The van der Waals surface area contributed by atoms with E-state index in [4.69, 9.17) is 10.5 Å². The molecule has 0 bridgehead atoms. The number of halogens is 3. The molecule has 1 amide bonds. The molecule has 0 aliphatic carbocycles. The maximum atomic E-state index is 12.6. The number of nitrogens with two attached hydrogens (primary N) is 1. The van der Waals surface area contributed by atoms with E-state index in [9.17, 15) is 32.9 Å². The zero-order chi connectivity index (χ0) is 20.2. The van der Waals surface area contributed by atoms with Crippen molar-refractivity contribution in [2.45, 2.75) is 6.18 Å². The molecule has 0 atom stereocenters. The molecule has 0 aliphatic heterocycles. The number of nitro groups is 1. The molecule has 0 heterocycles. The Balaban J connectivity index is 2.05. The van der Waals surface area contributed by atoms with E-state index in [1.54, 1.807) is 0 Å². The first-order chi connectivity index (χ1) is 12.6. The van der Waals surface area contributed by atoms with Crippen LogP contribution in [0.2, 0.25) is 0 Å². The summed E-state index contributed by atoms with van der Waals surface area (Å²) in [5, 5.41) is 13.0. The van der Waals surface area contributed by atoms with Gasteiger partial charge in [-0.1, -0.05) is 0 Å². The van der Waals surface area contributed by atoms with Crippen LogP contribution in [0.15, 0.2) is 42.5 Å². The fourth-order valence-corrected chi connectivity index (χ4v) is 1.98. The quantitative estimate of drug-likeness (QED) is 0.354. The number of carbonyl (C=O) groups is 2. The molecule has 11 heteroatoms. The number of nitro benzene ring substituents is 1. The Morgan fingerprint density at radius 2 is 1.78 bits per heavy atom. The molecule has 0 aliphatic rings. The number of ether oxygens (including phenoxy) is 1. The molecule has 2 rings (SSSR count). The van der Waals surface area contributed by atoms with E-state index in [0.717, 1.165) is 6.07 Å². The van der Waals surface area contributed by atoms with E-state index in [0.29, 0.717) is 17.8 Å². The number of amides is 1. The highest BCUT2D eigenvalue weighted by Crippen LogP contribution is 2.34. The van der Waals surface area contributed by atoms with Gasteiger partial charge in [0.15, 0.2) is 6.61 Å². The minimum Gasteiger partial charge on any atom is -0.452 e. The molecule has 2 aromatic rings. The van der Waals surface area contributed by atoms with Crippen molar-refractivity contribution in [3.63, 3.8) is 0 Å². The molecular weight excluding hydrogens is 371 g/mol. The Morgan fingerprint density at radius 3 is 2.33 bits per heavy atom. The highest BCUT2D eigenvalue weighted by molar-refractivity contribution is 5.96. The van der Waals surface area contributed by atoms with Crippen molar-refractivity contribution in [2.75, 3.05) is 17.7 Å². The van der Waals surface area contributed by atoms with Crippen molar-refractivity contribution in [3.8, 4) is 0 Å². The average molecular weight is 383 g/mol. The molecule has 0 unspecified atom stereocenters. The number of nitrogens with zero attached hydrogens (tertiary/aromatic N) is 1. The number of anilines is 2. The highest BCUT2D eigenvalue weighted by Gasteiger charge is 2.33. The second-order valence-electron chi connectivity index (χ2n) is 5.23. The van der Waals surface area contributed by atoms with Crippen LogP contribution in [0.4, 0.5) is 30.2 Å². The zero-order valence-electron chi connectivity index (χ0n) is 13.4. The average Bonchev–Trinajstić information content (AvgIpc) is 2.59. The van der Waals surface area contributed by atoms with Gasteiger partial charge in [0.1, 0.15) is 5.69 Å². The number of esters is 1. The van der Waals surface area contributed by atoms with Gasteiger partial charge < -0.3 is 15.8 Å². The second-order valence-corrected chi connectivity index (χ2v) is 5.23. The van der Waals surface area contributed by atoms with E-state index in [1.165, 1.54) is 24.3 Å². The van der Waals surface area contributed by atoms with Crippen molar-refractivity contribution >= 4 is 28.9 Å². The first-order valence-corrected chi connectivity index (χ1v) is 7.26. The van der Waals surface area contributed by atoms with Crippen molar-refractivity contribution < 1.29 is 32.4 Å². The Labute approximate surface area is 149 Å². The maximum Gasteiger partial charge on any atom is 0.416 e. The molecule has 0 spiro atoms. The second kappa shape index (κ2) is 7.72. The summed E-state index contributed by atoms with van der Waals surface area (Å²) >= 11 is 0. The van der Waals surface area contributed by atoms with Crippen molar-refractivity contribution in [2.24, 2.45) is 0 Å². The SMILES string of the molecule is Nc1ccc(C(=O)OCC(=O)Nc2ccc(C(F)(F)F)cc2[N+](=O)[O-])cc1. The number of nitrogen functional groups attached to an aromatic ring is 1. The van der Waals surface area contributed by atoms with Gasteiger partial charge in [0.2, 0.25) is 0 Å². The summed E-state index contributed by atoms with van der Waals surface area (Å²) in [6.45, 7) is -0.790.